The van der Waals surface area contributed by atoms with Gasteiger partial charge in [-0.2, -0.15) is 0 Å². The van der Waals surface area contributed by atoms with E-state index in [0.717, 1.165) is 52.2 Å². The van der Waals surface area contributed by atoms with E-state index in [1.807, 2.05) is 0 Å². The van der Waals surface area contributed by atoms with Gasteiger partial charge in [0.05, 0.1) is 13.2 Å². The molecule has 0 spiro atoms. The van der Waals surface area contributed by atoms with E-state index in [-0.39, 0.29) is 0 Å². The van der Waals surface area contributed by atoms with Gasteiger partial charge in [-0.25, -0.2) is 0 Å². The highest BCUT2D eigenvalue weighted by molar-refractivity contribution is 5.79. The molecule has 4 nitrogen and oxygen atoms in total. The second kappa shape index (κ2) is 7.59. The van der Waals surface area contributed by atoms with Crippen molar-refractivity contribution >= 4 is 5.91 Å². The van der Waals surface area contributed by atoms with Gasteiger partial charge in [0.15, 0.2) is 0 Å². The van der Waals surface area contributed by atoms with Crippen LogP contribution in [0.1, 0.15) is 51.4 Å². The SMILES string of the molecule is O=C(C1CCCC1)N1CCCCCC1CN1CCOCC1. The largest absolute Gasteiger partial charge is 0.379 e. The van der Waals surface area contributed by atoms with E-state index in [9.17, 15) is 4.79 Å². The number of rotatable bonds is 3. The predicted octanol–water partition coefficient (Wildman–Crippen LogP) is 2.28. The molecule has 1 atom stereocenters. The van der Waals surface area contributed by atoms with Gasteiger partial charge in [0.1, 0.15) is 0 Å². The van der Waals surface area contributed by atoms with E-state index in [4.69, 9.17) is 4.74 Å². The molecule has 3 aliphatic rings. The van der Waals surface area contributed by atoms with E-state index in [0.29, 0.717) is 17.9 Å². The Labute approximate surface area is 128 Å². The van der Waals surface area contributed by atoms with Crippen LogP contribution in [-0.2, 0) is 9.53 Å². The van der Waals surface area contributed by atoms with E-state index >= 15 is 0 Å². The summed E-state index contributed by atoms with van der Waals surface area (Å²) in [7, 11) is 0. The van der Waals surface area contributed by atoms with E-state index in [1.165, 1.54) is 38.5 Å². The van der Waals surface area contributed by atoms with Gasteiger partial charge >= 0.3 is 0 Å². The molecule has 3 fully saturated rings. The molecule has 4 heteroatoms. The Kier molecular flexibility index (Phi) is 5.53. The summed E-state index contributed by atoms with van der Waals surface area (Å²) in [6.45, 7) is 5.81. The average molecular weight is 294 g/mol. The maximum Gasteiger partial charge on any atom is 0.225 e. The van der Waals surface area contributed by atoms with Crippen LogP contribution >= 0.6 is 0 Å². The molecular weight excluding hydrogens is 264 g/mol. The minimum absolute atomic E-state index is 0.329. The second-order valence-electron chi connectivity index (χ2n) is 6.93. The van der Waals surface area contributed by atoms with E-state index in [2.05, 4.69) is 9.80 Å². The van der Waals surface area contributed by atoms with Crippen molar-refractivity contribution < 1.29 is 9.53 Å². The molecule has 0 N–H and O–H groups in total. The monoisotopic (exact) mass is 294 g/mol. The van der Waals surface area contributed by atoms with Crippen LogP contribution < -0.4 is 0 Å². The summed E-state index contributed by atoms with van der Waals surface area (Å²) in [6, 6.07) is 0.443. The van der Waals surface area contributed by atoms with Gasteiger partial charge in [0, 0.05) is 38.1 Å². The molecule has 21 heavy (non-hydrogen) atoms. The molecule has 0 radical (unpaired) electrons. The zero-order valence-electron chi connectivity index (χ0n) is 13.3. The Morgan fingerprint density at radius 2 is 1.62 bits per heavy atom. The average Bonchev–Trinajstić information content (AvgIpc) is 2.96. The van der Waals surface area contributed by atoms with Crippen molar-refractivity contribution in [3.63, 3.8) is 0 Å². The number of carbonyl (C=O) groups excluding carboxylic acids is 1. The van der Waals surface area contributed by atoms with Crippen LogP contribution in [0.2, 0.25) is 0 Å². The van der Waals surface area contributed by atoms with Gasteiger partial charge in [0.2, 0.25) is 5.91 Å². The summed E-state index contributed by atoms with van der Waals surface area (Å²) in [5.41, 5.74) is 0. The van der Waals surface area contributed by atoms with Crippen LogP contribution in [0.5, 0.6) is 0 Å². The summed E-state index contributed by atoms with van der Waals surface area (Å²) in [5, 5.41) is 0. The van der Waals surface area contributed by atoms with E-state index < -0.39 is 0 Å². The third kappa shape index (κ3) is 3.98. The van der Waals surface area contributed by atoms with Crippen LogP contribution in [0.3, 0.4) is 0 Å². The number of carbonyl (C=O) groups is 1. The Balaban J connectivity index is 1.63. The minimum atomic E-state index is 0.329. The van der Waals surface area contributed by atoms with Crippen LogP contribution in [0.15, 0.2) is 0 Å². The lowest BCUT2D eigenvalue weighted by Crippen LogP contribution is -2.50. The summed E-state index contributed by atoms with van der Waals surface area (Å²) >= 11 is 0. The zero-order valence-corrected chi connectivity index (χ0v) is 13.3. The smallest absolute Gasteiger partial charge is 0.225 e. The minimum Gasteiger partial charge on any atom is -0.379 e. The topological polar surface area (TPSA) is 32.8 Å². The van der Waals surface area contributed by atoms with Crippen LogP contribution in [0.25, 0.3) is 0 Å². The number of likely N-dealkylation sites (tertiary alicyclic amines) is 1. The molecule has 120 valence electrons. The molecule has 1 unspecified atom stereocenters. The maximum atomic E-state index is 12.9. The summed E-state index contributed by atoms with van der Waals surface area (Å²) in [5.74, 6) is 0.794. The first kappa shape index (κ1) is 15.3. The highest BCUT2D eigenvalue weighted by Gasteiger charge is 2.33. The van der Waals surface area contributed by atoms with Gasteiger partial charge in [-0.05, 0) is 25.7 Å². The number of hydrogen-bond acceptors (Lipinski definition) is 3. The summed E-state index contributed by atoms with van der Waals surface area (Å²) in [4.78, 5) is 17.6. The lowest BCUT2D eigenvalue weighted by Gasteiger charge is -2.37. The van der Waals surface area contributed by atoms with Crippen molar-refractivity contribution in [2.45, 2.75) is 57.4 Å². The number of nitrogens with zero attached hydrogens (tertiary/aromatic N) is 2. The number of ether oxygens (including phenoxy) is 1. The van der Waals surface area contributed by atoms with Crippen molar-refractivity contribution in [1.29, 1.82) is 0 Å². The van der Waals surface area contributed by atoms with Gasteiger partial charge in [0.25, 0.3) is 0 Å². The fraction of sp³-hybridized carbons (Fsp3) is 0.941. The summed E-state index contributed by atoms with van der Waals surface area (Å²) < 4.78 is 5.45. The molecule has 2 saturated heterocycles. The predicted molar refractivity (Wildman–Crippen MR) is 83.2 cm³/mol. The standard InChI is InChI=1S/C17H30N2O2/c20-17(15-6-3-4-7-15)19-9-5-1-2-8-16(19)14-18-10-12-21-13-11-18/h15-16H,1-14H2. The normalized spacial score (nSPS) is 29.5. The third-order valence-corrected chi connectivity index (χ3v) is 5.44. The van der Waals surface area contributed by atoms with Gasteiger partial charge in [-0.15, -0.1) is 0 Å². The van der Waals surface area contributed by atoms with E-state index in [1.54, 1.807) is 0 Å². The first-order chi connectivity index (χ1) is 10.3. The Hall–Kier alpha value is -0.610. The number of amides is 1. The Morgan fingerprint density at radius 3 is 2.38 bits per heavy atom. The van der Waals surface area contributed by atoms with Crippen LogP contribution in [-0.4, -0.2) is 61.1 Å². The third-order valence-electron chi connectivity index (χ3n) is 5.44. The quantitative estimate of drug-likeness (QED) is 0.800. The highest BCUT2D eigenvalue weighted by atomic mass is 16.5. The number of hydrogen-bond donors (Lipinski definition) is 0. The molecule has 2 heterocycles. The lowest BCUT2D eigenvalue weighted by molar-refractivity contribution is -0.138. The molecule has 0 aromatic carbocycles. The molecule has 0 aromatic heterocycles. The van der Waals surface area contributed by atoms with Crippen LogP contribution in [0, 0.1) is 5.92 Å². The Morgan fingerprint density at radius 1 is 0.905 bits per heavy atom. The first-order valence-corrected chi connectivity index (χ1v) is 8.95. The van der Waals surface area contributed by atoms with Crippen molar-refractivity contribution in [2.24, 2.45) is 5.92 Å². The molecule has 1 saturated carbocycles. The highest BCUT2D eigenvalue weighted by Crippen LogP contribution is 2.29. The van der Waals surface area contributed by atoms with Gasteiger partial charge in [-0.1, -0.05) is 25.7 Å². The molecule has 0 bridgehead atoms. The zero-order chi connectivity index (χ0) is 14.5. The first-order valence-electron chi connectivity index (χ1n) is 8.95. The van der Waals surface area contributed by atoms with Crippen molar-refractivity contribution in [3.8, 4) is 0 Å². The molecule has 1 aliphatic carbocycles. The Bertz CT molecular complexity index is 336. The summed E-state index contributed by atoms with van der Waals surface area (Å²) in [6.07, 6.45) is 9.70. The fourth-order valence-corrected chi connectivity index (χ4v) is 4.15. The van der Waals surface area contributed by atoms with Gasteiger partial charge < -0.3 is 9.64 Å². The molecular formula is C17H30N2O2. The van der Waals surface area contributed by atoms with Crippen molar-refractivity contribution in [3.05, 3.63) is 0 Å². The lowest BCUT2D eigenvalue weighted by atomic mass is 10.0. The van der Waals surface area contributed by atoms with Crippen molar-refractivity contribution in [2.75, 3.05) is 39.4 Å². The molecule has 3 rings (SSSR count). The second-order valence-corrected chi connectivity index (χ2v) is 6.93. The number of morpholine rings is 1. The van der Waals surface area contributed by atoms with Gasteiger partial charge in [-0.3, -0.25) is 9.69 Å². The van der Waals surface area contributed by atoms with Crippen molar-refractivity contribution in [1.82, 2.24) is 9.80 Å². The fourth-order valence-electron chi connectivity index (χ4n) is 4.15. The molecule has 1 amide bonds. The molecule has 2 aliphatic heterocycles. The maximum absolute atomic E-state index is 12.9. The molecule has 0 aromatic rings. The van der Waals surface area contributed by atoms with Crippen LogP contribution in [0.4, 0.5) is 0 Å².